The van der Waals surface area contributed by atoms with Gasteiger partial charge in [0.2, 0.25) is 0 Å². The van der Waals surface area contributed by atoms with Crippen LogP contribution in [0.25, 0.3) is 0 Å². The number of rotatable bonds is 4. The van der Waals surface area contributed by atoms with Crippen molar-refractivity contribution in [1.29, 1.82) is 0 Å². The van der Waals surface area contributed by atoms with E-state index in [-0.39, 0.29) is 53.8 Å². The summed E-state index contributed by atoms with van der Waals surface area (Å²) in [5.41, 5.74) is 0.137. The Hall–Kier alpha value is -0.281. The molecule has 0 aliphatic rings. The van der Waals surface area contributed by atoms with Gasteiger partial charge >= 0.3 is 170 Å². The molecule has 1 aromatic carbocycles. The molecule has 0 aromatic heterocycles. The van der Waals surface area contributed by atoms with Crippen molar-refractivity contribution in [3.05, 3.63) is 31.0 Å². The number of allylic oxidation sites excluding steroid dienone is 4. The van der Waals surface area contributed by atoms with Gasteiger partial charge in [0, 0.05) is 0 Å². The number of benzene rings is 1. The van der Waals surface area contributed by atoms with Crippen molar-refractivity contribution in [3.8, 4) is 0 Å². The van der Waals surface area contributed by atoms with E-state index in [0.717, 1.165) is 0 Å². The van der Waals surface area contributed by atoms with E-state index in [2.05, 4.69) is 31.9 Å². The molecule has 0 spiro atoms. The molecule has 0 fully saturated rings. The van der Waals surface area contributed by atoms with Gasteiger partial charge in [-0.25, -0.2) is 0 Å². The van der Waals surface area contributed by atoms with Gasteiger partial charge in [-0.05, 0) is 0 Å². The van der Waals surface area contributed by atoms with Gasteiger partial charge in [-0.2, -0.15) is 0 Å². The van der Waals surface area contributed by atoms with E-state index in [1.54, 1.807) is 0 Å². The van der Waals surface area contributed by atoms with Crippen LogP contribution in [0.5, 0.6) is 0 Å². The van der Waals surface area contributed by atoms with E-state index in [0.29, 0.717) is 4.47 Å². The van der Waals surface area contributed by atoms with Crippen molar-refractivity contribution in [2.45, 2.75) is 6.92 Å². The number of Topliss-reactive ketones (excluding diaryl/α,β-unsaturated/α-hetero) is 1. The molecule has 1 aromatic rings. The minimum absolute atomic E-state index is 0.00366. The molecular weight excluding hydrogens is 418 g/mol. The number of ketones is 1. The number of carbonyl (C=O) groups is 1. The molecule has 99 valence electrons. The molecule has 11 heteroatoms. The second-order valence-corrected chi connectivity index (χ2v) is 6.48. The molecule has 0 unspecified atom stereocenters. The molecule has 0 aliphatic carbocycles. The van der Waals surface area contributed by atoms with E-state index >= 15 is 0 Å². The fourth-order valence-corrected chi connectivity index (χ4v) is 2.47. The van der Waals surface area contributed by atoms with Gasteiger partial charge in [-0.3, -0.25) is 0 Å². The summed E-state index contributed by atoms with van der Waals surface area (Å²) in [7, 11) is 46.1. The Bertz CT molecular complexity index is 784. The van der Waals surface area contributed by atoms with Crippen molar-refractivity contribution in [2.75, 3.05) is 0 Å². The number of hydrogen-bond acceptors (Lipinski definition) is 1. The zero-order chi connectivity index (χ0) is 18.9. The van der Waals surface area contributed by atoms with Crippen LogP contribution in [0.1, 0.15) is 17.3 Å². The Balaban J connectivity index is 3.62. The fraction of sp³-hybridized carbons (Fsp3) is 0.0769. The summed E-state index contributed by atoms with van der Waals surface area (Å²) < 4.78 is 0.485. The normalized spacial score (nSPS) is 13.1. The van der Waals surface area contributed by atoms with E-state index in [1.807, 2.05) is 0 Å². The molecule has 1 rings (SSSR count). The van der Waals surface area contributed by atoms with Gasteiger partial charge in [-0.15, -0.1) is 0 Å². The first-order chi connectivity index (χ1) is 10.9. The van der Waals surface area contributed by atoms with Crippen LogP contribution in [0.15, 0.2) is 25.5 Å². The number of carbonyl (C=O) groups excluding carboxylic acids is 1. The molecule has 0 heterocycles. The molecule has 1 nitrogen and oxygen atoms in total. The average molecular weight is 421 g/mol. The van der Waals surface area contributed by atoms with Crippen LogP contribution in [-0.2, 0) is 0 Å². The fourth-order valence-electron chi connectivity index (χ4n) is 1.83. The van der Waals surface area contributed by atoms with Gasteiger partial charge < -0.3 is 0 Å². The summed E-state index contributed by atoms with van der Waals surface area (Å²) in [4.78, 5) is 12.8. The molecule has 0 atom stereocenters. The molecule has 0 bridgehead atoms. The standard InChI is InChI=1S/C13H3B8Br2O/c1-2(4(14)7(17)11(23)13(20)21)12(24)3-5(15)8(18)10(22)9(19)6(3)16/h1H3/b4-2-,11-7-. The van der Waals surface area contributed by atoms with Crippen molar-refractivity contribution in [1.82, 2.24) is 0 Å². The Kier molecular flexibility index (Phi) is 7.62. The Morgan fingerprint density at radius 1 is 0.875 bits per heavy atom. The Labute approximate surface area is 169 Å². The zero-order valence-corrected chi connectivity index (χ0v) is 16.0. The number of halogens is 2. The molecule has 0 saturated heterocycles. The summed E-state index contributed by atoms with van der Waals surface area (Å²) in [6, 6.07) is 0. The van der Waals surface area contributed by atoms with E-state index < -0.39 is 5.78 Å². The first kappa shape index (κ1) is 21.8. The van der Waals surface area contributed by atoms with Crippen LogP contribution < -0.4 is 21.9 Å². The molecule has 0 amide bonds. The van der Waals surface area contributed by atoms with Gasteiger partial charge in [0.15, 0.2) is 0 Å². The van der Waals surface area contributed by atoms with E-state index in [1.165, 1.54) is 6.92 Å². The second-order valence-electron chi connectivity index (χ2n) is 4.89. The summed E-state index contributed by atoms with van der Waals surface area (Å²) in [5, 5.41) is -0.0909. The van der Waals surface area contributed by atoms with Crippen molar-refractivity contribution in [2.24, 2.45) is 0 Å². The molecule has 0 saturated carbocycles. The zero-order valence-electron chi connectivity index (χ0n) is 12.8. The van der Waals surface area contributed by atoms with Gasteiger partial charge in [-0.1, -0.05) is 0 Å². The quantitative estimate of drug-likeness (QED) is 0.227. The van der Waals surface area contributed by atoms with E-state index in [9.17, 15) is 4.79 Å². The third kappa shape index (κ3) is 4.09. The Morgan fingerprint density at radius 2 is 1.29 bits per heavy atom. The van der Waals surface area contributed by atoms with Crippen LogP contribution in [0.3, 0.4) is 0 Å². The van der Waals surface area contributed by atoms with Gasteiger partial charge in [0.05, 0.1) is 0 Å². The van der Waals surface area contributed by atoms with E-state index in [4.69, 9.17) is 62.4 Å². The average Bonchev–Trinajstić information content (AvgIpc) is 2.55. The first-order valence-electron chi connectivity index (χ1n) is 6.39. The van der Waals surface area contributed by atoms with Crippen LogP contribution in [0.2, 0.25) is 0 Å². The first-order valence-corrected chi connectivity index (χ1v) is 7.98. The molecule has 0 aliphatic heterocycles. The maximum absolute atomic E-state index is 12.8. The van der Waals surface area contributed by atoms with Crippen molar-refractivity contribution >= 4 is 127 Å². The summed E-state index contributed by atoms with van der Waals surface area (Å²) >= 11 is 6.26. The summed E-state index contributed by atoms with van der Waals surface area (Å²) in [6.45, 7) is 1.45. The second kappa shape index (κ2) is 8.40. The summed E-state index contributed by atoms with van der Waals surface area (Å²) in [6.07, 6.45) is 0. The molecule has 0 N–H and O–H groups in total. The predicted molar refractivity (Wildman–Crippen MR) is 117 cm³/mol. The molecule has 24 heavy (non-hydrogen) atoms. The minimum atomic E-state index is -0.577. The molecular formula is C13H3B8Br2O. The third-order valence-electron chi connectivity index (χ3n) is 3.34. The Morgan fingerprint density at radius 3 is 1.67 bits per heavy atom. The van der Waals surface area contributed by atoms with Crippen molar-refractivity contribution in [3.63, 3.8) is 0 Å². The predicted octanol–water partition coefficient (Wildman–Crippen LogP) is -2.51. The van der Waals surface area contributed by atoms with Crippen LogP contribution >= 0.6 is 31.9 Å². The SMILES string of the molecule is [B]C(=[B])/C(Br)=C([B])\C([B])=C(/C)C(=O)c1c([B])c([B])c(Br)c([B])c1[B]. The number of hydrogen-bond donors (Lipinski definition) is 0. The summed E-state index contributed by atoms with van der Waals surface area (Å²) in [5.74, 6) is -0.577. The van der Waals surface area contributed by atoms with Crippen LogP contribution in [-0.4, -0.2) is 73.6 Å². The van der Waals surface area contributed by atoms with Crippen LogP contribution in [0.4, 0.5) is 0 Å². The van der Waals surface area contributed by atoms with Crippen molar-refractivity contribution < 1.29 is 4.79 Å². The third-order valence-corrected chi connectivity index (χ3v) is 5.08. The molecule has 15 radical (unpaired) electrons. The topological polar surface area (TPSA) is 17.1 Å². The van der Waals surface area contributed by atoms with Crippen LogP contribution in [0, 0.1) is 0 Å². The monoisotopic (exact) mass is 421 g/mol. The maximum atomic E-state index is 12.8. The van der Waals surface area contributed by atoms with Gasteiger partial charge in [0.25, 0.3) is 0 Å². The van der Waals surface area contributed by atoms with Gasteiger partial charge in [0.1, 0.15) is 0 Å².